The number of nitrogens with one attached hydrogen (secondary N) is 2. The number of piperazine rings is 1. The molecule has 0 radical (unpaired) electrons. The largest absolute Gasteiger partial charge is 0.323 e. The summed E-state index contributed by atoms with van der Waals surface area (Å²) in [6, 6.07) is 14.2. The van der Waals surface area contributed by atoms with E-state index < -0.39 is 0 Å². The minimum absolute atomic E-state index is 0.0895. The van der Waals surface area contributed by atoms with Crippen LogP contribution in [0.2, 0.25) is 0 Å². The van der Waals surface area contributed by atoms with Gasteiger partial charge in [0.1, 0.15) is 0 Å². The number of carbonyl (C=O) groups excluding carboxylic acids is 1. The molecule has 1 fully saturated rings. The monoisotopic (exact) mass is 392 g/mol. The summed E-state index contributed by atoms with van der Waals surface area (Å²) in [7, 11) is 0. The van der Waals surface area contributed by atoms with Crippen LogP contribution in [0, 0.1) is 0 Å². The molecule has 6 nitrogen and oxygen atoms in total. The van der Waals surface area contributed by atoms with Gasteiger partial charge in [-0.25, -0.2) is 4.79 Å². The van der Waals surface area contributed by atoms with E-state index >= 15 is 0 Å². The molecule has 3 aromatic rings. The number of hydrogen-bond donors (Lipinski definition) is 2. The molecule has 29 heavy (non-hydrogen) atoms. The van der Waals surface area contributed by atoms with Crippen molar-refractivity contribution in [2.24, 2.45) is 0 Å². The van der Waals surface area contributed by atoms with Gasteiger partial charge in [0.25, 0.3) is 0 Å². The molecule has 1 aliphatic rings. The topological polar surface area (TPSA) is 72.2 Å². The molecule has 1 aromatic heterocycles. The first-order chi connectivity index (χ1) is 14.0. The summed E-state index contributed by atoms with van der Waals surface area (Å²) in [4.78, 5) is 34.1. The highest BCUT2D eigenvalue weighted by molar-refractivity contribution is 6.00. The van der Waals surface area contributed by atoms with Crippen LogP contribution in [0.4, 0.5) is 0 Å². The Bertz CT molecular complexity index is 1040. The van der Waals surface area contributed by atoms with Gasteiger partial charge in [-0.3, -0.25) is 14.6 Å². The Hall–Kier alpha value is -2.70. The van der Waals surface area contributed by atoms with E-state index in [9.17, 15) is 9.59 Å². The number of fused-ring (bicyclic) bond motifs is 1. The van der Waals surface area contributed by atoms with E-state index in [0.717, 1.165) is 38.2 Å². The van der Waals surface area contributed by atoms with Gasteiger partial charge in [-0.1, -0.05) is 38.1 Å². The fraction of sp³-hybridized carbons (Fsp3) is 0.391. The first-order valence-corrected chi connectivity index (χ1v) is 10.3. The average Bonchev–Trinajstić information content (AvgIpc) is 3.09. The highest BCUT2D eigenvalue weighted by atomic mass is 16.1. The van der Waals surface area contributed by atoms with E-state index in [-0.39, 0.29) is 11.5 Å². The molecule has 152 valence electrons. The molecule has 0 aliphatic carbocycles. The van der Waals surface area contributed by atoms with Gasteiger partial charge < -0.3 is 9.97 Å². The number of nitrogens with zero attached hydrogens (tertiary/aromatic N) is 2. The molecular weight excluding hydrogens is 364 g/mol. The van der Waals surface area contributed by atoms with Crippen molar-refractivity contribution in [3.05, 3.63) is 69.6 Å². The third-order valence-electron chi connectivity index (χ3n) is 5.72. The minimum atomic E-state index is -0.250. The molecule has 0 spiro atoms. The van der Waals surface area contributed by atoms with Crippen LogP contribution in [0.25, 0.3) is 11.0 Å². The summed E-state index contributed by atoms with van der Waals surface area (Å²) in [5, 5.41) is 0. The smallest absolute Gasteiger partial charge is 0.306 e. The van der Waals surface area contributed by atoms with Gasteiger partial charge >= 0.3 is 5.69 Å². The highest BCUT2D eigenvalue weighted by Gasteiger charge is 2.20. The van der Waals surface area contributed by atoms with Crippen molar-refractivity contribution in [3.63, 3.8) is 0 Å². The Morgan fingerprint density at radius 3 is 2.28 bits per heavy atom. The second-order valence-electron chi connectivity index (χ2n) is 8.21. The molecule has 0 saturated carbocycles. The maximum Gasteiger partial charge on any atom is 0.323 e. The fourth-order valence-corrected chi connectivity index (χ4v) is 3.87. The van der Waals surface area contributed by atoms with Gasteiger partial charge in [-0.15, -0.1) is 0 Å². The lowest BCUT2D eigenvalue weighted by atomic mass is 10.0. The number of imidazole rings is 1. The molecule has 2 heterocycles. The number of benzene rings is 2. The summed E-state index contributed by atoms with van der Waals surface area (Å²) in [6.45, 7) is 9.50. The fourth-order valence-electron chi connectivity index (χ4n) is 3.87. The van der Waals surface area contributed by atoms with Crippen molar-refractivity contribution in [2.75, 3.05) is 32.7 Å². The lowest BCUT2D eigenvalue weighted by molar-refractivity contribution is 0.0844. The number of carbonyl (C=O) groups is 1. The van der Waals surface area contributed by atoms with Crippen LogP contribution in [0.1, 0.15) is 41.3 Å². The maximum atomic E-state index is 12.7. The predicted molar refractivity (Wildman–Crippen MR) is 115 cm³/mol. The molecule has 0 amide bonds. The summed E-state index contributed by atoms with van der Waals surface area (Å²) < 4.78 is 0. The van der Waals surface area contributed by atoms with E-state index in [2.05, 4.69) is 57.9 Å². The number of rotatable bonds is 6. The summed E-state index contributed by atoms with van der Waals surface area (Å²) >= 11 is 0. The molecule has 0 bridgehead atoms. The zero-order chi connectivity index (χ0) is 20.4. The number of hydrogen-bond acceptors (Lipinski definition) is 4. The first kappa shape index (κ1) is 19.6. The molecule has 6 heteroatoms. The number of aromatic amines is 2. The van der Waals surface area contributed by atoms with E-state index in [1.54, 1.807) is 18.2 Å². The lowest BCUT2D eigenvalue weighted by Gasteiger charge is -2.34. The Labute approximate surface area is 170 Å². The van der Waals surface area contributed by atoms with Gasteiger partial charge in [-0.05, 0) is 35.2 Å². The van der Waals surface area contributed by atoms with E-state index in [1.807, 2.05) is 0 Å². The standard InChI is InChI=1S/C23H28N4O2/c1-16(2)18-5-3-17(4-6-18)14-26-9-11-27(12-10-26)15-22(28)19-7-8-20-21(13-19)25-23(29)24-20/h3-8,13,16H,9-12,14-15H2,1-2H3,(H2,24,25,29). The lowest BCUT2D eigenvalue weighted by Crippen LogP contribution is -2.47. The van der Waals surface area contributed by atoms with Crippen LogP contribution in [0.15, 0.2) is 47.3 Å². The van der Waals surface area contributed by atoms with Crippen LogP contribution in [0.5, 0.6) is 0 Å². The van der Waals surface area contributed by atoms with Crippen LogP contribution < -0.4 is 5.69 Å². The Balaban J connectivity index is 1.29. The molecule has 1 aliphatic heterocycles. The number of ketones is 1. The Morgan fingerprint density at radius 1 is 0.931 bits per heavy atom. The molecule has 0 atom stereocenters. The third kappa shape index (κ3) is 4.66. The molecule has 4 rings (SSSR count). The molecule has 2 N–H and O–H groups in total. The van der Waals surface area contributed by atoms with Crippen LogP contribution >= 0.6 is 0 Å². The number of aromatic nitrogens is 2. The average molecular weight is 393 g/mol. The van der Waals surface area contributed by atoms with E-state index in [0.29, 0.717) is 23.5 Å². The van der Waals surface area contributed by atoms with Crippen LogP contribution in [0.3, 0.4) is 0 Å². The Kier molecular flexibility index (Phi) is 5.65. The van der Waals surface area contributed by atoms with Crippen molar-refractivity contribution in [1.29, 1.82) is 0 Å². The number of H-pyrrole nitrogens is 2. The van der Waals surface area contributed by atoms with E-state index in [1.165, 1.54) is 11.1 Å². The van der Waals surface area contributed by atoms with Crippen LogP contribution in [-0.4, -0.2) is 58.3 Å². The summed E-state index contributed by atoms with van der Waals surface area (Å²) in [5.74, 6) is 0.648. The van der Waals surface area contributed by atoms with Gasteiger partial charge in [0, 0.05) is 38.3 Å². The van der Waals surface area contributed by atoms with Crippen LogP contribution in [-0.2, 0) is 6.54 Å². The van der Waals surface area contributed by atoms with Gasteiger partial charge in [0.2, 0.25) is 0 Å². The van der Waals surface area contributed by atoms with Crippen molar-refractivity contribution < 1.29 is 4.79 Å². The second kappa shape index (κ2) is 8.35. The molecule has 0 unspecified atom stereocenters. The zero-order valence-corrected chi connectivity index (χ0v) is 17.1. The van der Waals surface area contributed by atoms with Crippen molar-refractivity contribution in [1.82, 2.24) is 19.8 Å². The van der Waals surface area contributed by atoms with E-state index in [4.69, 9.17) is 0 Å². The molecule has 1 saturated heterocycles. The summed E-state index contributed by atoms with van der Waals surface area (Å²) in [5.41, 5.74) is 4.50. The van der Waals surface area contributed by atoms with Gasteiger partial charge in [-0.2, -0.15) is 0 Å². The number of Topliss-reactive ketones (excluding diaryl/α,β-unsaturated/α-hetero) is 1. The molecular formula is C23H28N4O2. The van der Waals surface area contributed by atoms with Crippen molar-refractivity contribution in [3.8, 4) is 0 Å². The third-order valence-corrected chi connectivity index (χ3v) is 5.72. The van der Waals surface area contributed by atoms with Crippen molar-refractivity contribution >= 4 is 16.8 Å². The minimum Gasteiger partial charge on any atom is -0.306 e. The normalized spacial score (nSPS) is 16.0. The first-order valence-electron chi connectivity index (χ1n) is 10.3. The summed E-state index contributed by atoms with van der Waals surface area (Å²) in [6.07, 6.45) is 0. The SMILES string of the molecule is CC(C)c1ccc(CN2CCN(CC(=O)c3ccc4[nH]c(=O)[nH]c4c3)CC2)cc1. The highest BCUT2D eigenvalue weighted by Crippen LogP contribution is 2.17. The second-order valence-corrected chi connectivity index (χ2v) is 8.21. The molecule has 2 aromatic carbocycles. The van der Waals surface area contributed by atoms with Crippen molar-refractivity contribution in [2.45, 2.75) is 26.3 Å². The van der Waals surface area contributed by atoms with Gasteiger partial charge in [0.15, 0.2) is 5.78 Å². The quantitative estimate of drug-likeness (QED) is 0.633. The maximum absolute atomic E-state index is 12.7. The van der Waals surface area contributed by atoms with Gasteiger partial charge in [0.05, 0.1) is 17.6 Å². The Morgan fingerprint density at radius 2 is 1.59 bits per heavy atom. The predicted octanol–water partition coefficient (Wildman–Crippen LogP) is 2.98. The zero-order valence-electron chi connectivity index (χ0n) is 17.1.